The van der Waals surface area contributed by atoms with Gasteiger partial charge in [-0.3, -0.25) is 0 Å². The monoisotopic (exact) mass is 342 g/mol. The molecule has 0 saturated carbocycles. The molecule has 1 N–H and O–H groups in total. The Bertz CT molecular complexity index is 657. The molecule has 110 valence electrons. The molecule has 0 radical (unpaired) electrons. The van der Waals surface area contributed by atoms with Crippen LogP contribution >= 0.6 is 34.8 Å². The Hall–Kier alpha value is -1.23. The van der Waals surface area contributed by atoms with Crippen LogP contribution in [0.25, 0.3) is 0 Å². The summed E-state index contributed by atoms with van der Waals surface area (Å²) in [6.45, 7) is 3.64. The highest BCUT2D eigenvalue weighted by Crippen LogP contribution is 2.39. The van der Waals surface area contributed by atoms with E-state index in [1.165, 1.54) is 0 Å². The van der Waals surface area contributed by atoms with Crippen LogP contribution in [0.2, 0.25) is 15.2 Å². The molecule has 1 aliphatic rings. The summed E-state index contributed by atoms with van der Waals surface area (Å²) in [6, 6.07) is 7.35. The van der Waals surface area contributed by atoms with Gasteiger partial charge in [0.25, 0.3) is 0 Å². The molecule has 2 heterocycles. The predicted molar refractivity (Wildman–Crippen MR) is 87.8 cm³/mol. The molecular weight excluding hydrogens is 331 g/mol. The minimum absolute atomic E-state index is 0.00677. The molecule has 1 aromatic heterocycles. The zero-order valence-corrected chi connectivity index (χ0v) is 13.5. The molecular formula is C14H13Cl3N4. The number of rotatable bonds is 2. The minimum Gasteiger partial charge on any atom is -0.365 e. The summed E-state index contributed by atoms with van der Waals surface area (Å²) in [4.78, 5) is 2.18. The third-order valence-corrected chi connectivity index (χ3v) is 4.43. The molecule has 0 bridgehead atoms. The van der Waals surface area contributed by atoms with Crippen molar-refractivity contribution in [3.05, 3.63) is 45.0 Å². The lowest BCUT2D eigenvalue weighted by Gasteiger charge is -2.36. The van der Waals surface area contributed by atoms with Crippen molar-refractivity contribution < 1.29 is 0 Å². The fourth-order valence-electron chi connectivity index (χ4n) is 2.59. The van der Waals surface area contributed by atoms with Crippen LogP contribution in [0.3, 0.4) is 0 Å². The molecule has 4 nitrogen and oxygen atoms in total. The fourth-order valence-corrected chi connectivity index (χ4v) is 3.44. The first-order chi connectivity index (χ1) is 10.1. The van der Waals surface area contributed by atoms with Crippen LogP contribution in [-0.4, -0.2) is 23.3 Å². The van der Waals surface area contributed by atoms with E-state index in [1.54, 1.807) is 6.07 Å². The number of nitrogens with one attached hydrogen (secondary N) is 1. The highest BCUT2D eigenvalue weighted by molar-refractivity contribution is 6.36. The number of aromatic nitrogens is 2. The van der Waals surface area contributed by atoms with Crippen molar-refractivity contribution in [1.29, 1.82) is 0 Å². The van der Waals surface area contributed by atoms with E-state index >= 15 is 0 Å². The van der Waals surface area contributed by atoms with E-state index in [4.69, 9.17) is 34.8 Å². The number of nitrogens with zero attached hydrogens (tertiary/aromatic N) is 3. The Morgan fingerprint density at radius 2 is 1.90 bits per heavy atom. The highest BCUT2D eigenvalue weighted by Gasteiger charge is 2.26. The summed E-state index contributed by atoms with van der Waals surface area (Å²) in [5, 5.41) is 12.8. The van der Waals surface area contributed by atoms with E-state index in [2.05, 4.69) is 27.3 Å². The molecule has 0 amide bonds. The van der Waals surface area contributed by atoms with Crippen molar-refractivity contribution in [2.24, 2.45) is 0 Å². The van der Waals surface area contributed by atoms with Crippen LogP contribution in [0.4, 0.5) is 11.5 Å². The molecule has 0 spiro atoms. The summed E-state index contributed by atoms with van der Waals surface area (Å²) in [6.07, 6.45) is 0. The maximum absolute atomic E-state index is 6.32. The molecule has 1 aromatic carbocycles. The first kappa shape index (κ1) is 14.7. The van der Waals surface area contributed by atoms with Crippen LogP contribution in [0.5, 0.6) is 0 Å². The molecule has 3 rings (SSSR count). The van der Waals surface area contributed by atoms with Crippen molar-refractivity contribution in [3.63, 3.8) is 0 Å². The molecule has 0 saturated heterocycles. The minimum atomic E-state index is 0.00677. The highest BCUT2D eigenvalue weighted by atomic mass is 35.5. The number of halogens is 3. The largest absolute Gasteiger partial charge is 0.365 e. The van der Waals surface area contributed by atoms with Gasteiger partial charge >= 0.3 is 0 Å². The van der Waals surface area contributed by atoms with E-state index < -0.39 is 0 Å². The smallest absolute Gasteiger partial charge is 0.172 e. The summed E-state index contributed by atoms with van der Waals surface area (Å²) in [5.41, 5.74) is 1.81. The van der Waals surface area contributed by atoms with Crippen LogP contribution in [0.1, 0.15) is 18.5 Å². The number of fused-ring (bicyclic) bond motifs is 1. The van der Waals surface area contributed by atoms with Gasteiger partial charge in [-0.05, 0) is 19.1 Å². The summed E-state index contributed by atoms with van der Waals surface area (Å²) >= 11 is 18.6. The van der Waals surface area contributed by atoms with Crippen molar-refractivity contribution in [1.82, 2.24) is 10.2 Å². The van der Waals surface area contributed by atoms with Gasteiger partial charge in [0.1, 0.15) is 0 Å². The Kier molecular flexibility index (Phi) is 4.11. The van der Waals surface area contributed by atoms with Crippen molar-refractivity contribution >= 4 is 46.3 Å². The quantitative estimate of drug-likeness (QED) is 0.876. The number of anilines is 2. The van der Waals surface area contributed by atoms with E-state index in [1.807, 2.05) is 18.2 Å². The van der Waals surface area contributed by atoms with Gasteiger partial charge < -0.3 is 10.2 Å². The lowest BCUT2D eigenvalue weighted by molar-refractivity contribution is 0.663. The molecule has 1 atom stereocenters. The van der Waals surface area contributed by atoms with Crippen LogP contribution in [0.15, 0.2) is 24.3 Å². The third-order valence-electron chi connectivity index (χ3n) is 3.58. The molecule has 1 unspecified atom stereocenters. The Morgan fingerprint density at radius 3 is 2.62 bits per heavy atom. The second-order valence-corrected chi connectivity index (χ2v) is 6.03. The first-order valence-electron chi connectivity index (χ1n) is 6.55. The SMILES string of the molecule is CC(c1c(Cl)cccc1Cl)N1CCNc2nnc(Cl)cc21. The van der Waals surface area contributed by atoms with Crippen LogP contribution in [0, 0.1) is 0 Å². The van der Waals surface area contributed by atoms with Crippen LogP contribution < -0.4 is 10.2 Å². The predicted octanol–water partition coefficient (Wildman–Crippen LogP) is 4.43. The maximum atomic E-state index is 6.32. The van der Waals surface area contributed by atoms with Gasteiger partial charge in [-0.2, -0.15) is 0 Å². The first-order valence-corrected chi connectivity index (χ1v) is 7.69. The Morgan fingerprint density at radius 1 is 1.19 bits per heavy atom. The van der Waals surface area contributed by atoms with Gasteiger partial charge in [-0.1, -0.05) is 40.9 Å². The Balaban J connectivity index is 2.04. The van der Waals surface area contributed by atoms with Crippen molar-refractivity contribution in [3.8, 4) is 0 Å². The van der Waals surface area contributed by atoms with Crippen molar-refractivity contribution in [2.45, 2.75) is 13.0 Å². The van der Waals surface area contributed by atoms with E-state index in [-0.39, 0.29) is 6.04 Å². The Labute approximate surface area is 138 Å². The standard InChI is InChI=1S/C14H13Cl3N4/c1-8(13-9(15)3-2-4-10(13)16)21-6-5-18-14-11(21)7-12(17)19-20-14/h2-4,7-8H,5-6H2,1H3,(H,18,20). The summed E-state index contributed by atoms with van der Waals surface area (Å²) in [5.74, 6) is 0.723. The van der Waals surface area contributed by atoms with E-state index in [9.17, 15) is 0 Å². The number of benzene rings is 1. The number of hydrogen-bond donors (Lipinski definition) is 1. The second-order valence-electron chi connectivity index (χ2n) is 4.83. The van der Waals surface area contributed by atoms with E-state index in [0.717, 1.165) is 30.2 Å². The molecule has 0 fully saturated rings. The molecule has 7 heteroatoms. The summed E-state index contributed by atoms with van der Waals surface area (Å²) < 4.78 is 0. The average Bonchev–Trinajstić information content (AvgIpc) is 2.46. The zero-order valence-electron chi connectivity index (χ0n) is 11.3. The molecule has 21 heavy (non-hydrogen) atoms. The average molecular weight is 344 g/mol. The molecule has 2 aromatic rings. The lowest BCUT2D eigenvalue weighted by Crippen LogP contribution is -2.36. The van der Waals surface area contributed by atoms with E-state index in [0.29, 0.717) is 15.2 Å². The topological polar surface area (TPSA) is 41.0 Å². The van der Waals surface area contributed by atoms with Gasteiger partial charge in [0.05, 0.1) is 11.7 Å². The third kappa shape index (κ3) is 2.76. The fraction of sp³-hybridized carbons (Fsp3) is 0.286. The molecule has 1 aliphatic heterocycles. The molecule has 0 aliphatic carbocycles. The van der Waals surface area contributed by atoms with Crippen LogP contribution in [-0.2, 0) is 0 Å². The van der Waals surface area contributed by atoms with Gasteiger partial charge in [0.15, 0.2) is 11.0 Å². The van der Waals surface area contributed by atoms with Gasteiger partial charge in [0.2, 0.25) is 0 Å². The van der Waals surface area contributed by atoms with Gasteiger partial charge in [-0.15, -0.1) is 10.2 Å². The second kappa shape index (κ2) is 5.87. The maximum Gasteiger partial charge on any atom is 0.172 e. The summed E-state index contributed by atoms with van der Waals surface area (Å²) in [7, 11) is 0. The van der Waals surface area contributed by atoms with Gasteiger partial charge in [-0.25, -0.2) is 0 Å². The zero-order chi connectivity index (χ0) is 15.0. The van der Waals surface area contributed by atoms with Gasteiger partial charge in [0, 0.05) is 34.8 Å². The normalized spacial score (nSPS) is 15.3. The van der Waals surface area contributed by atoms with Crippen molar-refractivity contribution in [2.75, 3.05) is 23.3 Å². The number of hydrogen-bond acceptors (Lipinski definition) is 4. The lowest BCUT2D eigenvalue weighted by atomic mass is 10.1.